The number of Topliss-reactive ketones (excluding diaryl/α,β-unsaturated/α-hetero) is 1. The number of methoxy groups -OCH3 is 2. The van der Waals surface area contributed by atoms with E-state index < -0.39 is 29.4 Å². The summed E-state index contributed by atoms with van der Waals surface area (Å²) in [7, 11) is 3.06. The lowest BCUT2D eigenvalue weighted by Crippen LogP contribution is -2.58. The zero-order chi connectivity index (χ0) is 31.0. The van der Waals surface area contributed by atoms with E-state index in [4.69, 9.17) is 14.2 Å². The first-order chi connectivity index (χ1) is 20.5. The van der Waals surface area contributed by atoms with Gasteiger partial charge in [-0.15, -0.1) is 0 Å². The van der Waals surface area contributed by atoms with Gasteiger partial charge in [-0.25, -0.2) is 0 Å². The molecule has 9 heteroatoms. The van der Waals surface area contributed by atoms with Crippen LogP contribution in [0.1, 0.15) is 83.6 Å². The summed E-state index contributed by atoms with van der Waals surface area (Å²) < 4.78 is 15.9. The highest BCUT2D eigenvalue weighted by Gasteiger charge is 2.66. The Morgan fingerprint density at radius 1 is 0.977 bits per heavy atom. The van der Waals surface area contributed by atoms with Crippen molar-refractivity contribution >= 4 is 23.4 Å². The molecule has 0 aliphatic heterocycles. The molecular weight excluding hydrogens is 550 g/mol. The molecule has 1 aromatic carbocycles. The van der Waals surface area contributed by atoms with Crippen LogP contribution in [0.15, 0.2) is 29.8 Å². The minimum absolute atomic E-state index is 0.0186. The third-order valence-electron chi connectivity index (χ3n) is 11.5. The first kappa shape index (κ1) is 31.2. The second-order valence-corrected chi connectivity index (χ2v) is 13.3. The van der Waals surface area contributed by atoms with Crippen LogP contribution in [0, 0.1) is 28.6 Å². The SMILES string of the molecule is COc1cccc(CNC(=O)CCC(=O)OCC(=O)C2(O)CCC3C4CCC5=CC(=O)CCC5(C)C4CCC32C)c1OC. The number of hydrogen-bond acceptors (Lipinski definition) is 8. The van der Waals surface area contributed by atoms with Crippen molar-refractivity contribution in [3.8, 4) is 11.5 Å². The molecule has 4 aliphatic rings. The van der Waals surface area contributed by atoms with Crippen LogP contribution in [-0.2, 0) is 30.5 Å². The van der Waals surface area contributed by atoms with Crippen molar-refractivity contribution < 1.29 is 38.5 Å². The molecule has 0 heterocycles. The van der Waals surface area contributed by atoms with Crippen LogP contribution in [0.2, 0.25) is 0 Å². The van der Waals surface area contributed by atoms with E-state index >= 15 is 0 Å². The number of carbonyl (C=O) groups is 4. The summed E-state index contributed by atoms with van der Waals surface area (Å²) in [6.07, 6.45) is 7.74. The van der Waals surface area contributed by atoms with Gasteiger partial charge < -0.3 is 24.6 Å². The van der Waals surface area contributed by atoms with Crippen molar-refractivity contribution in [2.75, 3.05) is 20.8 Å². The van der Waals surface area contributed by atoms with Crippen molar-refractivity contribution in [1.29, 1.82) is 0 Å². The van der Waals surface area contributed by atoms with Gasteiger partial charge >= 0.3 is 5.97 Å². The fraction of sp³-hybridized carbons (Fsp3) is 0.647. The number of ketones is 2. The Hall–Kier alpha value is -3.20. The number of para-hydroxylation sites is 1. The maximum absolute atomic E-state index is 13.5. The van der Waals surface area contributed by atoms with Crippen LogP contribution in [-0.4, -0.2) is 55.0 Å². The van der Waals surface area contributed by atoms with Crippen molar-refractivity contribution in [2.45, 2.75) is 90.2 Å². The van der Waals surface area contributed by atoms with Crippen molar-refractivity contribution in [2.24, 2.45) is 28.6 Å². The van der Waals surface area contributed by atoms with Crippen LogP contribution in [0.5, 0.6) is 11.5 Å². The molecule has 6 atom stereocenters. The lowest BCUT2D eigenvalue weighted by atomic mass is 9.46. The average Bonchev–Trinajstić information content (AvgIpc) is 3.28. The highest BCUT2D eigenvalue weighted by atomic mass is 16.5. The number of ether oxygens (including phenoxy) is 3. The molecule has 6 unspecified atom stereocenters. The maximum Gasteiger partial charge on any atom is 0.306 e. The van der Waals surface area contributed by atoms with E-state index in [0.717, 1.165) is 44.1 Å². The zero-order valence-electron chi connectivity index (χ0n) is 25.8. The van der Waals surface area contributed by atoms with Gasteiger partial charge in [-0.05, 0) is 80.3 Å². The van der Waals surface area contributed by atoms with Gasteiger partial charge in [0.25, 0.3) is 0 Å². The minimum Gasteiger partial charge on any atom is -0.493 e. The zero-order valence-corrected chi connectivity index (χ0v) is 25.8. The van der Waals surface area contributed by atoms with Gasteiger partial charge in [0.2, 0.25) is 11.7 Å². The van der Waals surface area contributed by atoms with E-state index in [1.165, 1.54) is 19.8 Å². The van der Waals surface area contributed by atoms with Gasteiger partial charge in [0, 0.05) is 30.4 Å². The Bertz CT molecular complexity index is 1320. The van der Waals surface area contributed by atoms with E-state index in [1.54, 1.807) is 12.1 Å². The van der Waals surface area contributed by atoms with Gasteiger partial charge in [-0.1, -0.05) is 31.6 Å². The molecule has 4 aliphatic carbocycles. The molecular formula is C34H45NO8. The summed E-state index contributed by atoms with van der Waals surface area (Å²) in [5.41, 5.74) is -0.0816. The average molecular weight is 596 g/mol. The van der Waals surface area contributed by atoms with Crippen LogP contribution >= 0.6 is 0 Å². The number of nitrogens with one attached hydrogen (secondary N) is 1. The number of fused-ring (bicyclic) bond motifs is 5. The highest BCUT2D eigenvalue weighted by Crippen LogP contribution is 2.67. The quantitative estimate of drug-likeness (QED) is 0.379. The van der Waals surface area contributed by atoms with Crippen LogP contribution in [0.4, 0.5) is 0 Å². The molecule has 0 radical (unpaired) electrons. The van der Waals surface area contributed by atoms with E-state index in [2.05, 4.69) is 12.2 Å². The number of aliphatic hydroxyl groups is 1. The van der Waals surface area contributed by atoms with Gasteiger partial charge in [-0.2, -0.15) is 0 Å². The summed E-state index contributed by atoms with van der Waals surface area (Å²) in [6.45, 7) is 4.06. The molecule has 9 nitrogen and oxygen atoms in total. The fourth-order valence-electron chi connectivity index (χ4n) is 8.96. The van der Waals surface area contributed by atoms with E-state index in [0.29, 0.717) is 36.2 Å². The maximum atomic E-state index is 13.5. The molecule has 234 valence electrons. The smallest absolute Gasteiger partial charge is 0.306 e. The lowest BCUT2D eigenvalue weighted by molar-refractivity contribution is -0.170. The van der Waals surface area contributed by atoms with Gasteiger partial charge in [0.05, 0.1) is 20.6 Å². The van der Waals surface area contributed by atoms with Crippen LogP contribution < -0.4 is 14.8 Å². The molecule has 5 rings (SSSR count). The summed E-state index contributed by atoms with van der Waals surface area (Å²) in [6, 6.07) is 5.37. The summed E-state index contributed by atoms with van der Waals surface area (Å²) in [4.78, 5) is 50.4. The lowest BCUT2D eigenvalue weighted by Gasteiger charge is -2.58. The Labute approximate surface area is 253 Å². The van der Waals surface area contributed by atoms with E-state index in [9.17, 15) is 24.3 Å². The number of benzene rings is 1. The summed E-state index contributed by atoms with van der Waals surface area (Å²) >= 11 is 0. The first-order valence-electron chi connectivity index (χ1n) is 15.6. The highest BCUT2D eigenvalue weighted by molar-refractivity contribution is 5.92. The standard InChI is InChI=1S/C34H45NO8/c1-32-15-12-23(36)18-22(32)8-9-24-25(32)13-16-33(2)26(24)14-17-34(33,40)28(37)20-43-30(39)11-10-29(38)35-19-21-6-5-7-27(41-3)31(21)42-4/h5-7,18,24-26,40H,8-17,19-20H2,1-4H3,(H,35,38). The minimum atomic E-state index is -1.55. The Balaban J connectivity index is 1.13. The van der Waals surface area contributed by atoms with Gasteiger partial charge in [0.1, 0.15) is 5.60 Å². The van der Waals surface area contributed by atoms with E-state index in [1.807, 2.05) is 19.1 Å². The third-order valence-corrected chi connectivity index (χ3v) is 11.5. The fourth-order valence-corrected chi connectivity index (χ4v) is 8.96. The number of hydrogen-bond donors (Lipinski definition) is 2. The van der Waals surface area contributed by atoms with Crippen molar-refractivity contribution in [3.63, 3.8) is 0 Å². The number of esters is 1. The first-order valence-corrected chi connectivity index (χ1v) is 15.6. The second-order valence-electron chi connectivity index (χ2n) is 13.3. The largest absolute Gasteiger partial charge is 0.493 e. The summed E-state index contributed by atoms with van der Waals surface area (Å²) in [5.74, 6) is 0.930. The predicted octanol–water partition coefficient (Wildman–Crippen LogP) is 4.48. The molecule has 0 bridgehead atoms. The molecule has 1 amide bonds. The second kappa shape index (κ2) is 12.1. The molecule has 3 saturated carbocycles. The molecule has 43 heavy (non-hydrogen) atoms. The van der Waals surface area contributed by atoms with Gasteiger partial charge in [0.15, 0.2) is 23.9 Å². The number of rotatable bonds is 10. The molecule has 1 aromatic rings. The molecule has 0 saturated heterocycles. The summed E-state index contributed by atoms with van der Waals surface area (Å²) in [5, 5.41) is 14.6. The number of amides is 1. The Morgan fingerprint density at radius 2 is 1.74 bits per heavy atom. The number of allylic oxidation sites excluding steroid dienone is 1. The third kappa shape index (κ3) is 5.49. The van der Waals surface area contributed by atoms with Crippen LogP contribution in [0.25, 0.3) is 0 Å². The topological polar surface area (TPSA) is 128 Å². The van der Waals surface area contributed by atoms with Crippen molar-refractivity contribution in [1.82, 2.24) is 5.32 Å². The molecule has 2 N–H and O–H groups in total. The predicted molar refractivity (Wildman–Crippen MR) is 158 cm³/mol. The number of carbonyl (C=O) groups excluding carboxylic acids is 4. The van der Waals surface area contributed by atoms with Crippen molar-refractivity contribution in [3.05, 3.63) is 35.4 Å². The van der Waals surface area contributed by atoms with E-state index in [-0.39, 0.29) is 42.4 Å². The Kier molecular flexibility index (Phi) is 8.76. The van der Waals surface area contributed by atoms with Crippen LogP contribution in [0.3, 0.4) is 0 Å². The normalized spacial score (nSPS) is 32.9. The van der Waals surface area contributed by atoms with Gasteiger partial charge in [-0.3, -0.25) is 19.2 Å². The molecule has 3 fully saturated rings. The monoisotopic (exact) mass is 595 g/mol. The molecule has 0 aromatic heterocycles. The molecule has 0 spiro atoms. The Morgan fingerprint density at radius 3 is 2.49 bits per heavy atom.